The van der Waals surface area contributed by atoms with Crippen molar-refractivity contribution in [3.63, 3.8) is 0 Å². The van der Waals surface area contributed by atoms with Gasteiger partial charge in [0.05, 0.1) is 12.8 Å². The van der Waals surface area contributed by atoms with Gasteiger partial charge in [0.25, 0.3) is 11.7 Å². The summed E-state index contributed by atoms with van der Waals surface area (Å²) in [5.74, 6) is 1.33. The number of benzene rings is 1. The van der Waals surface area contributed by atoms with Gasteiger partial charge in [-0.05, 0) is 43.2 Å². The van der Waals surface area contributed by atoms with Gasteiger partial charge in [0.2, 0.25) is 5.91 Å². The van der Waals surface area contributed by atoms with Crippen LogP contribution in [0, 0.1) is 5.92 Å². The summed E-state index contributed by atoms with van der Waals surface area (Å²) in [6.45, 7) is 1.22. The van der Waals surface area contributed by atoms with E-state index in [1.165, 1.54) is 0 Å². The lowest BCUT2D eigenvalue weighted by molar-refractivity contribution is -0.122. The maximum Gasteiger partial charge on any atom is 0.254 e. The van der Waals surface area contributed by atoms with Crippen molar-refractivity contribution in [3.8, 4) is 17.0 Å². The lowest BCUT2D eigenvalue weighted by Gasteiger charge is -2.20. The van der Waals surface area contributed by atoms with Crippen molar-refractivity contribution in [3.05, 3.63) is 36.5 Å². The van der Waals surface area contributed by atoms with E-state index in [2.05, 4.69) is 20.4 Å². The Kier molecular flexibility index (Phi) is 4.49. The minimum Gasteiger partial charge on any atom is -0.497 e. The molecule has 3 heterocycles. The Morgan fingerprint density at radius 1 is 1.23 bits per heavy atom. The first-order valence-corrected chi connectivity index (χ1v) is 8.49. The average molecular weight is 353 g/mol. The highest BCUT2D eigenvalue weighted by Crippen LogP contribution is 2.23. The summed E-state index contributed by atoms with van der Waals surface area (Å²) >= 11 is 0. The highest BCUT2D eigenvalue weighted by Gasteiger charge is 2.23. The molecule has 1 fully saturated rings. The van der Waals surface area contributed by atoms with Crippen molar-refractivity contribution in [2.24, 2.45) is 5.92 Å². The second-order valence-corrected chi connectivity index (χ2v) is 6.08. The molecule has 26 heavy (non-hydrogen) atoms. The first-order valence-electron chi connectivity index (χ1n) is 8.49. The summed E-state index contributed by atoms with van der Waals surface area (Å²) in [6.07, 6.45) is 3.11. The number of nitrogens with one attached hydrogen (secondary N) is 1. The Balaban J connectivity index is 1.61. The molecular weight excluding hydrogens is 334 g/mol. The van der Waals surface area contributed by atoms with E-state index in [0.717, 1.165) is 17.0 Å². The molecule has 8 nitrogen and oxygen atoms in total. The number of methoxy groups -OCH3 is 1. The van der Waals surface area contributed by atoms with E-state index in [-0.39, 0.29) is 17.8 Å². The van der Waals surface area contributed by atoms with E-state index in [0.29, 0.717) is 31.8 Å². The number of carbonyl (C=O) groups is 1. The fourth-order valence-corrected chi connectivity index (χ4v) is 3.00. The normalized spacial score (nSPS) is 15.1. The SMILES string of the molecule is COc1ccc(-c2ccnc3nc(NC(=O)C4CCOCC4)nn23)cc1. The van der Waals surface area contributed by atoms with Crippen LogP contribution in [0.1, 0.15) is 12.8 Å². The summed E-state index contributed by atoms with van der Waals surface area (Å²) in [6, 6.07) is 9.50. The summed E-state index contributed by atoms with van der Waals surface area (Å²) < 4.78 is 12.1. The molecule has 1 aliphatic rings. The fourth-order valence-electron chi connectivity index (χ4n) is 3.00. The van der Waals surface area contributed by atoms with Crippen LogP contribution in [0.4, 0.5) is 5.95 Å². The van der Waals surface area contributed by atoms with Gasteiger partial charge in [0.1, 0.15) is 5.75 Å². The molecule has 1 aliphatic heterocycles. The maximum absolute atomic E-state index is 12.4. The number of amides is 1. The fraction of sp³-hybridized carbons (Fsp3) is 0.333. The molecule has 1 N–H and O–H groups in total. The number of fused-ring (bicyclic) bond motifs is 1. The Morgan fingerprint density at radius 3 is 2.73 bits per heavy atom. The first kappa shape index (κ1) is 16.5. The highest BCUT2D eigenvalue weighted by molar-refractivity contribution is 5.91. The largest absolute Gasteiger partial charge is 0.497 e. The van der Waals surface area contributed by atoms with Crippen molar-refractivity contribution in [2.45, 2.75) is 12.8 Å². The van der Waals surface area contributed by atoms with Gasteiger partial charge >= 0.3 is 0 Å². The van der Waals surface area contributed by atoms with Crippen molar-refractivity contribution >= 4 is 17.6 Å². The zero-order valence-corrected chi connectivity index (χ0v) is 14.4. The van der Waals surface area contributed by atoms with E-state index in [9.17, 15) is 4.79 Å². The molecule has 0 saturated carbocycles. The third kappa shape index (κ3) is 3.23. The standard InChI is InChI=1S/C18H19N5O3/c1-25-14-4-2-12(3-5-14)15-6-9-19-18-21-17(22-23(15)18)20-16(24)13-7-10-26-11-8-13/h2-6,9,13H,7-8,10-11H2,1H3,(H,20,22,24). The minimum absolute atomic E-state index is 0.0654. The molecule has 3 aromatic rings. The van der Waals surface area contributed by atoms with Crippen LogP contribution in [0.25, 0.3) is 17.0 Å². The van der Waals surface area contributed by atoms with Crippen LogP contribution in [-0.4, -0.2) is 45.8 Å². The number of carbonyl (C=O) groups excluding carboxylic acids is 1. The Bertz CT molecular complexity index is 916. The van der Waals surface area contributed by atoms with Gasteiger partial charge in [-0.25, -0.2) is 4.98 Å². The first-order chi connectivity index (χ1) is 12.7. The van der Waals surface area contributed by atoms with Gasteiger partial charge in [0, 0.05) is 30.9 Å². The lowest BCUT2D eigenvalue weighted by Crippen LogP contribution is -2.28. The van der Waals surface area contributed by atoms with Crippen molar-refractivity contribution < 1.29 is 14.3 Å². The Labute approximate surface area is 150 Å². The molecule has 0 aliphatic carbocycles. The molecule has 1 aromatic carbocycles. The smallest absolute Gasteiger partial charge is 0.254 e. The number of nitrogens with zero attached hydrogens (tertiary/aromatic N) is 4. The molecule has 1 saturated heterocycles. The van der Waals surface area contributed by atoms with Crippen LogP contribution < -0.4 is 10.1 Å². The second-order valence-electron chi connectivity index (χ2n) is 6.08. The van der Waals surface area contributed by atoms with Gasteiger partial charge < -0.3 is 9.47 Å². The molecule has 0 bridgehead atoms. The van der Waals surface area contributed by atoms with E-state index in [4.69, 9.17) is 9.47 Å². The Morgan fingerprint density at radius 2 is 2.00 bits per heavy atom. The second kappa shape index (κ2) is 7.09. The van der Waals surface area contributed by atoms with E-state index >= 15 is 0 Å². The third-order valence-corrected chi connectivity index (χ3v) is 4.45. The van der Waals surface area contributed by atoms with Crippen LogP contribution in [0.3, 0.4) is 0 Å². The molecule has 0 unspecified atom stereocenters. The third-order valence-electron chi connectivity index (χ3n) is 4.45. The number of anilines is 1. The highest BCUT2D eigenvalue weighted by atomic mass is 16.5. The van der Waals surface area contributed by atoms with Crippen LogP contribution in [0.2, 0.25) is 0 Å². The summed E-state index contributed by atoms with van der Waals surface area (Å²) in [4.78, 5) is 20.9. The number of hydrogen-bond donors (Lipinski definition) is 1. The van der Waals surface area contributed by atoms with Crippen molar-refractivity contribution in [1.82, 2.24) is 19.6 Å². The zero-order valence-electron chi connectivity index (χ0n) is 14.4. The molecule has 134 valence electrons. The van der Waals surface area contributed by atoms with Crippen molar-refractivity contribution in [1.29, 1.82) is 0 Å². The van der Waals surface area contributed by atoms with Gasteiger partial charge in [-0.1, -0.05) is 0 Å². The quantitative estimate of drug-likeness (QED) is 0.773. The van der Waals surface area contributed by atoms with Crippen LogP contribution in [0.15, 0.2) is 36.5 Å². The average Bonchev–Trinajstić information content (AvgIpc) is 3.11. The molecule has 2 aromatic heterocycles. The molecule has 1 amide bonds. The maximum atomic E-state index is 12.4. The van der Waals surface area contributed by atoms with E-state index in [1.54, 1.807) is 17.8 Å². The minimum atomic E-state index is -0.0739. The number of hydrogen-bond acceptors (Lipinski definition) is 6. The van der Waals surface area contributed by atoms with Gasteiger partial charge in [-0.15, -0.1) is 5.10 Å². The molecular formula is C18H19N5O3. The monoisotopic (exact) mass is 353 g/mol. The summed E-state index contributed by atoms with van der Waals surface area (Å²) in [7, 11) is 1.63. The van der Waals surface area contributed by atoms with Crippen LogP contribution >= 0.6 is 0 Å². The molecule has 8 heteroatoms. The topological polar surface area (TPSA) is 90.6 Å². The predicted octanol–water partition coefficient (Wildman–Crippen LogP) is 2.17. The summed E-state index contributed by atoms with van der Waals surface area (Å²) in [5, 5.41) is 7.22. The molecule has 0 radical (unpaired) electrons. The number of ether oxygens (including phenoxy) is 2. The van der Waals surface area contributed by atoms with E-state index in [1.807, 2.05) is 30.3 Å². The molecule has 4 rings (SSSR count). The molecule has 0 atom stereocenters. The lowest BCUT2D eigenvalue weighted by atomic mass is 10.00. The number of aromatic nitrogens is 4. The number of rotatable bonds is 4. The van der Waals surface area contributed by atoms with Crippen LogP contribution in [0.5, 0.6) is 5.75 Å². The molecule has 0 spiro atoms. The zero-order chi connectivity index (χ0) is 17.9. The van der Waals surface area contributed by atoms with Gasteiger partial charge in [-0.2, -0.15) is 9.50 Å². The predicted molar refractivity (Wildman–Crippen MR) is 94.9 cm³/mol. The summed E-state index contributed by atoms with van der Waals surface area (Å²) in [5.41, 5.74) is 1.78. The van der Waals surface area contributed by atoms with Gasteiger partial charge in [-0.3, -0.25) is 10.1 Å². The Hall–Kier alpha value is -3.00. The van der Waals surface area contributed by atoms with Crippen molar-refractivity contribution in [2.75, 3.05) is 25.6 Å². The van der Waals surface area contributed by atoms with E-state index < -0.39 is 0 Å². The van der Waals surface area contributed by atoms with Crippen LogP contribution in [-0.2, 0) is 9.53 Å². The van der Waals surface area contributed by atoms with Gasteiger partial charge in [0.15, 0.2) is 0 Å².